The molecule has 0 aromatic rings. The van der Waals surface area contributed by atoms with Gasteiger partial charge in [-0.25, -0.2) is 4.57 Å². The van der Waals surface area contributed by atoms with Gasteiger partial charge >= 0.3 is 7.82 Å². The smallest absolute Gasteiger partial charge is 0.383 e. The van der Waals surface area contributed by atoms with Crippen LogP contribution in [0, 0.1) is 0 Å². The third-order valence-corrected chi connectivity index (χ3v) is 0.873. The summed E-state index contributed by atoms with van der Waals surface area (Å²) < 4.78 is 20.3. The van der Waals surface area contributed by atoms with Gasteiger partial charge in [-0.2, -0.15) is 0 Å². The number of aliphatic hydroxyl groups excluding tert-OH is 1. The molecule has 0 heterocycles. The molecule has 0 aliphatic rings. The second-order valence-electron chi connectivity index (χ2n) is 1.36. The maximum Gasteiger partial charge on any atom is 0.469 e. The van der Waals surface area contributed by atoms with E-state index < -0.39 is 20.5 Å². The normalized spacial score (nSPS) is 19.3. The van der Waals surface area contributed by atoms with Gasteiger partial charge in [-0.05, 0) is 0 Å². The standard InChI is InChI=1S/C3H7O6P/c4-1-3(5)2-9-10(6,7)8/h1,3,5H,2H2,(H2,6,7,8)/i2T. The molecule has 0 rings (SSSR count). The molecule has 2 unspecified atom stereocenters. The summed E-state index contributed by atoms with van der Waals surface area (Å²) in [5.74, 6) is 0. The topological polar surface area (TPSA) is 104 Å². The van der Waals surface area contributed by atoms with Gasteiger partial charge in [0, 0.05) is 0 Å². The zero-order valence-electron chi connectivity index (χ0n) is 5.75. The Bertz CT molecular complexity index is 177. The van der Waals surface area contributed by atoms with Crippen LogP contribution in [0.15, 0.2) is 0 Å². The van der Waals surface area contributed by atoms with E-state index >= 15 is 0 Å². The average molecular weight is 172 g/mol. The van der Waals surface area contributed by atoms with Gasteiger partial charge in [-0.15, -0.1) is 0 Å². The zero-order chi connectivity index (χ0) is 9.07. The molecule has 6 nitrogen and oxygen atoms in total. The van der Waals surface area contributed by atoms with Crippen LogP contribution in [-0.2, 0) is 13.9 Å². The zero-order valence-corrected chi connectivity index (χ0v) is 5.64. The minimum absolute atomic E-state index is 0.0483. The first-order valence-corrected chi connectivity index (χ1v) is 3.69. The molecule has 7 heteroatoms. The molecule has 10 heavy (non-hydrogen) atoms. The first kappa shape index (κ1) is 7.84. The van der Waals surface area contributed by atoms with Crippen molar-refractivity contribution in [2.24, 2.45) is 0 Å². The number of hydrogen-bond acceptors (Lipinski definition) is 4. The van der Waals surface area contributed by atoms with Crippen LogP contribution in [-0.4, -0.2) is 33.9 Å². The van der Waals surface area contributed by atoms with Crippen molar-refractivity contribution < 1.29 is 30.1 Å². The van der Waals surface area contributed by atoms with Gasteiger partial charge in [0.1, 0.15) is 6.10 Å². The Kier molecular flexibility index (Phi) is 2.98. The molecule has 0 aromatic carbocycles. The van der Waals surface area contributed by atoms with Crippen molar-refractivity contribution in [3.05, 3.63) is 0 Å². The van der Waals surface area contributed by atoms with Gasteiger partial charge in [0.2, 0.25) is 0 Å². The minimum Gasteiger partial charge on any atom is -0.383 e. The van der Waals surface area contributed by atoms with E-state index in [2.05, 4.69) is 4.52 Å². The molecule has 0 bridgehead atoms. The maximum absolute atomic E-state index is 9.99. The van der Waals surface area contributed by atoms with Crippen molar-refractivity contribution in [3.63, 3.8) is 0 Å². The predicted octanol–water partition coefficient (Wildman–Crippen LogP) is -1.34. The van der Waals surface area contributed by atoms with E-state index in [1.54, 1.807) is 0 Å². The van der Waals surface area contributed by atoms with Gasteiger partial charge in [-0.3, -0.25) is 4.52 Å². The highest BCUT2D eigenvalue weighted by Crippen LogP contribution is 2.35. The lowest BCUT2D eigenvalue weighted by Crippen LogP contribution is -2.15. The third kappa shape index (κ3) is 5.87. The van der Waals surface area contributed by atoms with Crippen molar-refractivity contribution in [1.82, 2.24) is 0 Å². The number of phosphoric ester groups is 1. The van der Waals surface area contributed by atoms with Crippen LogP contribution in [0.2, 0.25) is 0 Å². The van der Waals surface area contributed by atoms with Crippen LogP contribution in [0.4, 0.5) is 0 Å². The molecule has 0 aliphatic carbocycles. The summed E-state index contributed by atoms with van der Waals surface area (Å²) in [6.07, 6.45) is -1.89. The van der Waals surface area contributed by atoms with Crippen LogP contribution in [0.25, 0.3) is 0 Å². The van der Waals surface area contributed by atoms with E-state index in [1.807, 2.05) is 0 Å². The van der Waals surface area contributed by atoms with E-state index in [9.17, 15) is 9.36 Å². The molecule has 0 fully saturated rings. The molecule has 0 saturated heterocycles. The predicted molar refractivity (Wildman–Crippen MR) is 30.1 cm³/mol. The SMILES string of the molecule is [3H]C(OP(=O)(O)O)C(O)C=O. The maximum atomic E-state index is 9.99. The minimum atomic E-state index is -4.80. The molecular weight excluding hydrogens is 163 g/mol. The van der Waals surface area contributed by atoms with Crippen molar-refractivity contribution in [2.75, 3.05) is 6.58 Å². The summed E-state index contributed by atoms with van der Waals surface area (Å²) in [6, 6.07) is 0. The Morgan fingerprint density at radius 2 is 2.30 bits per heavy atom. The Balaban J connectivity index is 3.97. The highest BCUT2D eigenvalue weighted by molar-refractivity contribution is 7.46. The molecule has 0 radical (unpaired) electrons. The first-order valence-electron chi connectivity index (χ1n) is 2.74. The summed E-state index contributed by atoms with van der Waals surface area (Å²) in [5, 5.41) is 8.47. The van der Waals surface area contributed by atoms with Gasteiger partial charge in [-0.1, -0.05) is 0 Å². The summed E-state index contributed by atoms with van der Waals surface area (Å²) >= 11 is 0. The lowest BCUT2D eigenvalue weighted by Gasteiger charge is -2.04. The number of phosphoric acid groups is 1. The fourth-order valence-corrected chi connectivity index (χ4v) is 0.457. The molecule has 60 valence electrons. The third-order valence-electron chi connectivity index (χ3n) is 0.477. The fourth-order valence-electron chi connectivity index (χ4n) is 0.174. The second kappa shape index (κ2) is 3.80. The molecule has 0 saturated carbocycles. The van der Waals surface area contributed by atoms with Crippen LogP contribution < -0.4 is 0 Å². The Morgan fingerprint density at radius 1 is 1.80 bits per heavy atom. The Hall–Kier alpha value is -0.260. The lowest BCUT2D eigenvalue weighted by atomic mass is 10.4. The van der Waals surface area contributed by atoms with E-state index in [-0.39, 0.29) is 6.29 Å². The van der Waals surface area contributed by atoms with E-state index in [0.717, 1.165) is 0 Å². The van der Waals surface area contributed by atoms with Crippen LogP contribution in [0.1, 0.15) is 1.37 Å². The second-order valence-corrected chi connectivity index (χ2v) is 2.55. The van der Waals surface area contributed by atoms with Gasteiger partial charge in [0.05, 0.1) is 7.95 Å². The number of carbonyl (C=O) groups excluding carboxylic acids is 1. The molecule has 0 amide bonds. The summed E-state index contributed by atoms with van der Waals surface area (Å²) in [5.41, 5.74) is 0. The largest absolute Gasteiger partial charge is 0.469 e. The van der Waals surface area contributed by atoms with Gasteiger partial charge < -0.3 is 19.7 Å². The molecule has 0 spiro atoms. The average Bonchev–Trinajstić information content (AvgIpc) is 1.82. The molecular formula is C3H7O6P. The highest BCUT2D eigenvalue weighted by Gasteiger charge is 2.15. The lowest BCUT2D eigenvalue weighted by molar-refractivity contribution is -0.116. The van der Waals surface area contributed by atoms with Crippen molar-refractivity contribution >= 4 is 14.1 Å². The fraction of sp³-hybridized carbons (Fsp3) is 0.667. The van der Waals surface area contributed by atoms with E-state index in [4.69, 9.17) is 16.3 Å². The monoisotopic (exact) mass is 172 g/mol. The van der Waals surface area contributed by atoms with Gasteiger partial charge in [0.25, 0.3) is 0 Å². The Labute approximate surface area is 58.1 Å². The molecule has 0 aliphatic heterocycles. The van der Waals surface area contributed by atoms with E-state index in [1.165, 1.54) is 0 Å². The summed E-state index contributed by atoms with van der Waals surface area (Å²) in [7, 11) is -4.80. The molecule has 0 aromatic heterocycles. The number of aldehydes is 1. The number of hydrogen-bond donors (Lipinski definition) is 3. The molecule has 2 atom stereocenters. The van der Waals surface area contributed by atoms with Crippen LogP contribution in [0.3, 0.4) is 0 Å². The Morgan fingerprint density at radius 3 is 2.60 bits per heavy atom. The van der Waals surface area contributed by atoms with E-state index in [0.29, 0.717) is 0 Å². The summed E-state index contributed by atoms with van der Waals surface area (Å²) in [6.45, 7) is -1.95. The van der Waals surface area contributed by atoms with Crippen molar-refractivity contribution in [3.8, 4) is 0 Å². The van der Waals surface area contributed by atoms with Crippen molar-refractivity contribution in [1.29, 1.82) is 0 Å². The first-order chi connectivity index (χ1) is 4.87. The highest BCUT2D eigenvalue weighted by atomic mass is 31.2. The van der Waals surface area contributed by atoms with Crippen LogP contribution in [0.5, 0.6) is 0 Å². The van der Waals surface area contributed by atoms with Crippen LogP contribution >= 0.6 is 7.82 Å². The number of carbonyl (C=O) groups is 1. The number of rotatable bonds is 4. The summed E-state index contributed by atoms with van der Waals surface area (Å²) in [4.78, 5) is 25.9. The van der Waals surface area contributed by atoms with Crippen molar-refractivity contribution in [2.45, 2.75) is 6.10 Å². The number of aliphatic hydroxyl groups is 1. The quantitative estimate of drug-likeness (QED) is 0.358. The molecule has 3 N–H and O–H groups in total. The van der Waals surface area contributed by atoms with Gasteiger partial charge in [0.15, 0.2) is 6.29 Å².